The number of carbonyl (C=O) groups excluding carboxylic acids is 1. The lowest BCUT2D eigenvalue weighted by molar-refractivity contribution is -0.680. The first kappa shape index (κ1) is 21.6. The van der Waals surface area contributed by atoms with E-state index < -0.39 is 6.10 Å². The quantitative estimate of drug-likeness (QED) is 0.374. The van der Waals surface area contributed by atoms with Crippen molar-refractivity contribution in [2.24, 2.45) is 7.05 Å². The molecule has 1 heterocycles. The van der Waals surface area contributed by atoms with Gasteiger partial charge in [-0.2, -0.15) is 0 Å². The maximum Gasteiger partial charge on any atom is 0.340 e. The Kier molecular flexibility index (Phi) is 7.87. The Bertz CT molecular complexity index is 762. The van der Waals surface area contributed by atoms with Crippen LogP contribution in [0, 0.1) is 0 Å². The zero-order chi connectivity index (χ0) is 20.6. The number of hydrogen-bond acceptors (Lipinski definition) is 3. The lowest BCUT2D eigenvalue weighted by Crippen LogP contribution is -2.33. The van der Waals surface area contributed by atoms with Gasteiger partial charge in [-0.25, -0.2) is 13.9 Å². The molecule has 0 bridgehead atoms. The van der Waals surface area contributed by atoms with Gasteiger partial charge in [0.2, 0.25) is 0 Å². The second-order valence-electron chi connectivity index (χ2n) is 8.32. The Hall–Kier alpha value is -2.14. The van der Waals surface area contributed by atoms with Crippen LogP contribution in [0.3, 0.4) is 0 Å². The molecule has 0 aliphatic heterocycles. The summed E-state index contributed by atoms with van der Waals surface area (Å²) in [4.78, 5) is 13.0. The molecule has 3 rings (SSSR count). The number of imidazole rings is 1. The monoisotopic (exact) mass is 399 g/mol. The van der Waals surface area contributed by atoms with Crippen molar-refractivity contribution in [3.05, 3.63) is 54.1 Å². The van der Waals surface area contributed by atoms with Crippen LogP contribution in [-0.4, -0.2) is 23.2 Å². The molecule has 0 saturated heterocycles. The van der Waals surface area contributed by atoms with E-state index in [2.05, 4.69) is 23.0 Å². The van der Waals surface area contributed by atoms with Gasteiger partial charge < -0.3 is 9.47 Å². The van der Waals surface area contributed by atoms with Crippen LogP contribution in [0.5, 0.6) is 0 Å². The van der Waals surface area contributed by atoms with Gasteiger partial charge in [0, 0.05) is 0 Å². The number of nitrogens with zero attached hydrogens (tertiary/aromatic N) is 2. The standard InChI is InChI=1S/C24H35N2O3/c1-19(2)23-25(3)15-16-26(23)17-18-28-24(27)22(20-11-7-6-8-12-20)29-21-13-9-4-5-10-14-21/h6-8,11-12,15-16,19,21-22H,4-5,9-10,13-14,17-18H2,1-3H3/q+1. The molecule has 1 aromatic carbocycles. The van der Waals surface area contributed by atoms with Crippen LogP contribution in [0.15, 0.2) is 42.7 Å². The van der Waals surface area contributed by atoms with E-state index in [1.807, 2.05) is 49.8 Å². The zero-order valence-electron chi connectivity index (χ0n) is 18.0. The summed E-state index contributed by atoms with van der Waals surface area (Å²) in [5, 5.41) is 0. The number of benzene rings is 1. The summed E-state index contributed by atoms with van der Waals surface area (Å²) in [6.07, 6.45) is 10.5. The number of rotatable bonds is 8. The molecule has 2 aromatic rings. The molecule has 1 aromatic heterocycles. The molecule has 1 aliphatic rings. The van der Waals surface area contributed by atoms with Crippen LogP contribution in [-0.2, 0) is 27.9 Å². The van der Waals surface area contributed by atoms with Crippen LogP contribution in [0.4, 0.5) is 0 Å². The summed E-state index contributed by atoms with van der Waals surface area (Å²) >= 11 is 0. The van der Waals surface area contributed by atoms with Crippen molar-refractivity contribution in [1.82, 2.24) is 4.57 Å². The van der Waals surface area contributed by atoms with Gasteiger partial charge in [-0.3, -0.25) is 0 Å². The fourth-order valence-electron chi connectivity index (χ4n) is 4.25. The van der Waals surface area contributed by atoms with Gasteiger partial charge in [0.1, 0.15) is 25.5 Å². The smallest absolute Gasteiger partial charge is 0.340 e. The summed E-state index contributed by atoms with van der Waals surface area (Å²) in [7, 11) is 2.05. The summed E-state index contributed by atoms with van der Waals surface area (Å²) in [6.45, 7) is 5.32. The highest BCUT2D eigenvalue weighted by molar-refractivity contribution is 5.76. The van der Waals surface area contributed by atoms with Gasteiger partial charge >= 0.3 is 5.97 Å². The third kappa shape index (κ3) is 5.92. The van der Waals surface area contributed by atoms with E-state index >= 15 is 0 Å². The third-order valence-corrected chi connectivity index (χ3v) is 5.67. The highest BCUT2D eigenvalue weighted by Crippen LogP contribution is 2.27. The van der Waals surface area contributed by atoms with Gasteiger partial charge in [0.15, 0.2) is 6.10 Å². The fourth-order valence-corrected chi connectivity index (χ4v) is 4.25. The van der Waals surface area contributed by atoms with Crippen molar-refractivity contribution < 1.29 is 18.8 Å². The maximum absolute atomic E-state index is 13.0. The Balaban J connectivity index is 1.63. The molecule has 5 nitrogen and oxygen atoms in total. The topological polar surface area (TPSA) is 44.3 Å². The van der Waals surface area contributed by atoms with E-state index in [1.165, 1.54) is 31.5 Å². The Morgan fingerprint density at radius 1 is 1.14 bits per heavy atom. The first-order valence-corrected chi connectivity index (χ1v) is 11.0. The molecule has 0 amide bonds. The molecular formula is C24H35N2O3+. The van der Waals surface area contributed by atoms with E-state index in [4.69, 9.17) is 9.47 Å². The lowest BCUT2D eigenvalue weighted by atomic mass is 10.1. The van der Waals surface area contributed by atoms with Gasteiger partial charge in [0.25, 0.3) is 5.82 Å². The minimum absolute atomic E-state index is 0.131. The van der Waals surface area contributed by atoms with Gasteiger partial charge in [-0.05, 0) is 18.4 Å². The van der Waals surface area contributed by atoms with E-state index in [1.54, 1.807) is 0 Å². The zero-order valence-corrected chi connectivity index (χ0v) is 18.0. The van der Waals surface area contributed by atoms with Crippen molar-refractivity contribution in [2.45, 2.75) is 77.0 Å². The maximum atomic E-state index is 13.0. The van der Waals surface area contributed by atoms with Crippen molar-refractivity contribution in [2.75, 3.05) is 6.61 Å². The number of aromatic nitrogens is 2. The molecule has 1 saturated carbocycles. The number of hydrogen-bond donors (Lipinski definition) is 0. The Labute approximate surface area is 174 Å². The van der Waals surface area contributed by atoms with Crippen molar-refractivity contribution in [3.63, 3.8) is 0 Å². The highest BCUT2D eigenvalue weighted by atomic mass is 16.6. The number of ether oxygens (including phenoxy) is 2. The van der Waals surface area contributed by atoms with Crippen LogP contribution >= 0.6 is 0 Å². The molecule has 0 spiro atoms. The van der Waals surface area contributed by atoms with Crippen LogP contribution in [0.25, 0.3) is 0 Å². The second kappa shape index (κ2) is 10.6. The van der Waals surface area contributed by atoms with E-state index in [0.29, 0.717) is 19.1 Å². The summed E-state index contributed by atoms with van der Waals surface area (Å²) in [5.74, 6) is 1.33. The van der Waals surface area contributed by atoms with E-state index in [0.717, 1.165) is 18.4 Å². The molecule has 1 aliphatic carbocycles. The average molecular weight is 400 g/mol. The SMILES string of the molecule is CC(C)c1n(CCOC(=O)C(OC2CCCCCC2)c2ccccc2)cc[n+]1C. The minimum Gasteiger partial charge on any atom is -0.459 e. The second-order valence-corrected chi connectivity index (χ2v) is 8.32. The van der Waals surface area contributed by atoms with E-state index in [9.17, 15) is 4.79 Å². The number of carbonyl (C=O) groups is 1. The fraction of sp³-hybridized carbons (Fsp3) is 0.583. The molecule has 0 N–H and O–H groups in total. The van der Waals surface area contributed by atoms with Crippen LogP contribution < -0.4 is 4.57 Å². The molecule has 29 heavy (non-hydrogen) atoms. The molecule has 158 valence electrons. The molecule has 1 unspecified atom stereocenters. The van der Waals surface area contributed by atoms with Gasteiger partial charge in [-0.1, -0.05) is 69.9 Å². The first-order valence-electron chi connectivity index (χ1n) is 11.0. The molecule has 5 heteroatoms. The summed E-state index contributed by atoms with van der Waals surface area (Å²) < 4.78 is 16.3. The minimum atomic E-state index is -0.648. The predicted octanol–water partition coefficient (Wildman–Crippen LogP) is 4.46. The Morgan fingerprint density at radius 3 is 2.48 bits per heavy atom. The van der Waals surface area contributed by atoms with Gasteiger partial charge in [0.05, 0.1) is 19.1 Å². The van der Waals surface area contributed by atoms with E-state index in [-0.39, 0.29) is 12.1 Å². The largest absolute Gasteiger partial charge is 0.459 e. The van der Waals surface area contributed by atoms with Gasteiger partial charge in [-0.15, -0.1) is 0 Å². The van der Waals surface area contributed by atoms with Crippen LogP contribution in [0.2, 0.25) is 0 Å². The molecule has 1 fully saturated rings. The van der Waals surface area contributed by atoms with Crippen molar-refractivity contribution in [3.8, 4) is 0 Å². The molecule has 0 radical (unpaired) electrons. The van der Waals surface area contributed by atoms with Crippen molar-refractivity contribution >= 4 is 5.97 Å². The van der Waals surface area contributed by atoms with Crippen molar-refractivity contribution in [1.29, 1.82) is 0 Å². The van der Waals surface area contributed by atoms with Crippen LogP contribution in [0.1, 0.15) is 75.8 Å². The average Bonchev–Trinajstić information content (AvgIpc) is 2.91. The normalized spacial score (nSPS) is 16.6. The first-order chi connectivity index (χ1) is 14.1. The lowest BCUT2D eigenvalue weighted by Gasteiger charge is -2.23. The predicted molar refractivity (Wildman–Crippen MR) is 112 cm³/mol. The summed E-state index contributed by atoms with van der Waals surface area (Å²) in [6, 6.07) is 9.75. The molecular weight excluding hydrogens is 364 g/mol. The number of esters is 1. The third-order valence-electron chi connectivity index (χ3n) is 5.67. The number of aryl methyl sites for hydroxylation is 1. The highest BCUT2D eigenvalue weighted by Gasteiger charge is 2.28. The summed E-state index contributed by atoms with van der Waals surface area (Å²) in [5.41, 5.74) is 0.872. The molecule has 1 atom stereocenters. The Morgan fingerprint density at radius 2 is 1.83 bits per heavy atom.